The van der Waals surface area contributed by atoms with Gasteiger partial charge < -0.3 is 5.11 Å². The number of aryl methyl sites for hydroxylation is 1. The fourth-order valence-electron chi connectivity index (χ4n) is 1.71. The lowest BCUT2D eigenvalue weighted by Gasteiger charge is -2.11. The molecule has 1 aliphatic rings. The number of aromatic hydroxyl groups is 1. The van der Waals surface area contributed by atoms with Gasteiger partial charge in [0.15, 0.2) is 0 Å². The first-order chi connectivity index (χ1) is 6.77. The molecule has 0 aliphatic carbocycles. The average Bonchev–Trinajstić information content (AvgIpc) is 2.19. The summed E-state index contributed by atoms with van der Waals surface area (Å²) in [5.74, 6) is 0.330. The molecule has 2 nitrogen and oxygen atoms in total. The van der Waals surface area contributed by atoms with Crippen LogP contribution in [0.25, 0.3) is 5.57 Å². The van der Waals surface area contributed by atoms with E-state index in [0.717, 1.165) is 18.5 Å². The van der Waals surface area contributed by atoms with Crippen molar-refractivity contribution in [1.82, 2.24) is 0 Å². The Morgan fingerprint density at radius 1 is 1.36 bits per heavy atom. The zero-order valence-electron chi connectivity index (χ0n) is 8.20. The first-order valence-electron chi connectivity index (χ1n) is 4.74. The minimum Gasteiger partial charge on any atom is -0.508 e. The molecular weight excluding hydrogens is 174 g/mol. The second-order valence-corrected chi connectivity index (χ2v) is 3.48. The first kappa shape index (κ1) is 9.00. The predicted octanol–water partition coefficient (Wildman–Crippen LogP) is 2.56. The van der Waals surface area contributed by atoms with E-state index in [2.05, 4.69) is 11.1 Å². The number of phenolic OH excluding ortho intramolecular Hbond substituents is 1. The molecule has 0 atom stereocenters. The normalized spacial score (nSPS) is 15.4. The molecule has 1 aromatic rings. The van der Waals surface area contributed by atoms with Crippen molar-refractivity contribution in [3.8, 4) is 5.75 Å². The van der Waals surface area contributed by atoms with Gasteiger partial charge in [-0.05, 0) is 35.8 Å². The van der Waals surface area contributed by atoms with E-state index in [0.29, 0.717) is 5.75 Å². The number of dihydropyridines is 1. The van der Waals surface area contributed by atoms with E-state index in [1.807, 2.05) is 19.2 Å². The highest BCUT2D eigenvalue weighted by Gasteiger charge is 2.06. The van der Waals surface area contributed by atoms with Crippen molar-refractivity contribution in [2.24, 2.45) is 4.99 Å². The van der Waals surface area contributed by atoms with Gasteiger partial charge in [0.05, 0.1) is 6.54 Å². The van der Waals surface area contributed by atoms with Gasteiger partial charge in [-0.1, -0.05) is 12.1 Å². The smallest absolute Gasteiger partial charge is 0.115 e. The molecule has 1 aliphatic heterocycles. The zero-order chi connectivity index (χ0) is 9.97. The summed E-state index contributed by atoms with van der Waals surface area (Å²) in [6, 6.07) is 5.49. The van der Waals surface area contributed by atoms with Crippen LogP contribution >= 0.6 is 0 Å². The van der Waals surface area contributed by atoms with E-state index in [-0.39, 0.29) is 0 Å². The Labute approximate surface area is 83.6 Å². The molecule has 0 amide bonds. The Bertz CT molecular complexity index is 405. The minimum absolute atomic E-state index is 0.330. The maximum atomic E-state index is 9.29. The van der Waals surface area contributed by atoms with Crippen LogP contribution in [-0.4, -0.2) is 17.9 Å². The van der Waals surface area contributed by atoms with Crippen LogP contribution in [0.5, 0.6) is 5.75 Å². The highest BCUT2D eigenvalue weighted by atomic mass is 16.3. The van der Waals surface area contributed by atoms with Gasteiger partial charge in [0.1, 0.15) is 5.75 Å². The van der Waals surface area contributed by atoms with Gasteiger partial charge in [-0.3, -0.25) is 4.99 Å². The van der Waals surface area contributed by atoms with Crippen molar-refractivity contribution < 1.29 is 5.11 Å². The molecule has 1 aromatic carbocycles. The summed E-state index contributed by atoms with van der Waals surface area (Å²) < 4.78 is 0. The summed E-state index contributed by atoms with van der Waals surface area (Å²) in [6.07, 6.45) is 4.98. The maximum absolute atomic E-state index is 9.29. The number of hydrogen-bond donors (Lipinski definition) is 1. The number of hydrogen-bond acceptors (Lipinski definition) is 2. The molecule has 1 heterocycles. The average molecular weight is 187 g/mol. The third-order valence-corrected chi connectivity index (χ3v) is 2.44. The highest BCUT2D eigenvalue weighted by Crippen LogP contribution is 2.25. The molecule has 0 fully saturated rings. The number of phenols is 1. The van der Waals surface area contributed by atoms with Gasteiger partial charge >= 0.3 is 0 Å². The fourth-order valence-corrected chi connectivity index (χ4v) is 1.71. The van der Waals surface area contributed by atoms with Gasteiger partial charge in [0.25, 0.3) is 0 Å². The van der Waals surface area contributed by atoms with E-state index in [4.69, 9.17) is 0 Å². The van der Waals surface area contributed by atoms with E-state index in [9.17, 15) is 5.11 Å². The maximum Gasteiger partial charge on any atom is 0.115 e. The molecular formula is C12H13NO. The lowest BCUT2D eigenvalue weighted by molar-refractivity contribution is 0.475. The van der Waals surface area contributed by atoms with Crippen LogP contribution in [-0.2, 0) is 0 Å². The van der Waals surface area contributed by atoms with Crippen LogP contribution in [0.1, 0.15) is 17.5 Å². The van der Waals surface area contributed by atoms with Crippen molar-refractivity contribution in [2.45, 2.75) is 13.3 Å². The lowest BCUT2D eigenvalue weighted by Crippen LogP contribution is -1.95. The van der Waals surface area contributed by atoms with Crippen LogP contribution < -0.4 is 0 Å². The summed E-state index contributed by atoms with van der Waals surface area (Å²) in [5.41, 5.74) is 3.64. The predicted molar refractivity (Wildman–Crippen MR) is 58.8 cm³/mol. The van der Waals surface area contributed by atoms with Gasteiger partial charge in [-0.2, -0.15) is 0 Å². The van der Waals surface area contributed by atoms with Crippen LogP contribution in [0.15, 0.2) is 29.3 Å². The van der Waals surface area contributed by atoms with Crippen molar-refractivity contribution in [2.75, 3.05) is 6.54 Å². The SMILES string of the molecule is Cc1cc(O)ccc1C1=CCN=CC1. The molecule has 0 aromatic heterocycles. The summed E-state index contributed by atoms with van der Waals surface area (Å²) in [5, 5.41) is 9.29. The summed E-state index contributed by atoms with van der Waals surface area (Å²) in [7, 11) is 0. The molecule has 0 radical (unpaired) electrons. The van der Waals surface area contributed by atoms with Gasteiger partial charge in [0.2, 0.25) is 0 Å². The van der Waals surface area contributed by atoms with E-state index >= 15 is 0 Å². The fraction of sp³-hybridized carbons (Fsp3) is 0.250. The number of allylic oxidation sites excluding steroid dienone is 1. The molecule has 2 heteroatoms. The zero-order valence-corrected chi connectivity index (χ0v) is 8.20. The van der Waals surface area contributed by atoms with Crippen molar-refractivity contribution in [3.05, 3.63) is 35.4 Å². The number of rotatable bonds is 1. The molecule has 1 N–H and O–H groups in total. The topological polar surface area (TPSA) is 32.6 Å². The Morgan fingerprint density at radius 3 is 2.86 bits per heavy atom. The Morgan fingerprint density at radius 2 is 2.21 bits per heavy atom. The van der Waals surface area contributed by atoms with E-state index < -0.39 is 0 Å². The van der Waals surface area contributed by atoms with Crippen LogP contribution in [0.3, 0.4) is 0 Å². The minimum atomic E-state index is 0.330. The Hall–Kier alpha value is -1.57. The van der Waals surface area contributed by atoms with Crippen molar-refractivity contribution in [3.63, 3.8) is 0 Å². The van der Waals surface area contributed by atoms with E-state index in [1.54, 1.807) is 12.1 Å². The molecule has 0 unspecified atom stereocenters. The monoisotopic (exact) mass is 187 g/mol. The van der Waals surface area contributed by atoms with Gasteiger partial charge in [-0.15, -0.1) is 0 Å². The van der Waals surface area contributed by atoms with Gasteiger partial charge in [-0.25, -0.2) is 0 Å². The quantitative estimate of drug-likeness (QED) is 0.720. The van der Waals surface area contributed by atoms with Crippen molar-refractivity contribution >= 4 is 11.8 Å². The molecule has 2 rings (SSSR count). The molecule has 0 bridgehead atoms. The second-order valence-electron chi connectivity index (χ2n) is 3.48. The highest BCUT2D eigenvalue weighted by molar-refractivity contribution is 5.82. The first-order valence-corrected chi connectivity index (χ1v) is 4.74. The number of aliphatic imine (C=N–C) groups is 1. The number of nitrogens with zero attached hydrogens (tertiary/aromatic N) is 1. The Balaban J connectivity index is 2.36. The molecule has 72 valence electrons. The molecule has 14 heavy (non-hydrogen) atoms. The summed E-state index contributed by atoms with van der Waals surface area (Å²) in [4.78, 5) is 4.15. The van der Waals surface area contributed by atoms with Gasteiger partial charge in [0, 0.05) is 12.6 Å². The standard InChI is InChI=1S/C12H13NO/c1-9-8-11(14)2-3-12(9)10-4-6-13-7-5-10/h2-4,7-8,14H,5-6H2,1H3. The van der Waals surface area contributed by atoms with Crippen molar-refractivity contribution in [1.29, 1.82) is 0 Å². The second kappa shape index (κ2) is 3.66. The van der Waals surface area contributed by atoms with Crippen LogP contribution in [0.4, 0.5) is 0 Å². The summed E-state index contributed by atoms with van der Waals surface area (Å²) in [6.45, 7) is 2.79. The largest absolute Gasteiger partial charge is 0.508 e. The van der Waals surface area contributed by atoms with Crippen LogP contribution in [0.2, 0.25) is 0 Å². The molecule has 0 saturated carbocycles. The van der Waals surface area contributed by atoms with Crippen LogP contribution in [0, 0.1) is 6.92 Å². The molecule has 0 saturated heterocycles. The third kappa shape index (κ3) is 1.69. The summed E-state index contributed by atoms with van der Waals surface area (Å²) >= 11 is 0. The Kier molecular flexibility index (Phi) is 2.35. The third-order valence-electron chi connectivity index (χ3n) is 2.44. The lowest BCUT2D eigenvalue weighted by atomic mass is 9.97. The van der Waals surface area contributed by atoms with E-state index in [1.165, 1.54) is 11.1 Å². The molecule has 0 spiro atoms. The number of benzene rings is 1.